The molecule has 5 aliphatic heterocycles. The number of non-ortho nitro benzene ring substituents is 2. The fraction of sp³-hybridized carbons (Fsp3) is 0.417. The Bertz CT molecular complexity index is 2350. The molecule has 1 saturated heterocycles. The molecule has 15 nitrogen and oxygen atoms in total. The van der Waals surface area contributed by atoms with Crippen molar-refractivity contribution in [2.45, 2.75) is 50.0 Å². The van der Waals surface area contributed by atoms with Crippen LogP contribution in [0.1, 0.15) is 49.9 Å². The summed E-state index contributed by atoms with van der Waals surface area (Å²) >= 11 is 0. The normalized spacial score (nSPS) is 23.8. The molecule has 0 amide bonds. The van der Waals surface area contributed by atoms with E-state index in [1.165, 1.54) is 0 Å². The van der Waals surface area contributed by atoms with Crippen LogP contribution in [0.3, 0.4) is 0 Å². The summed E-state index contributed by atoms with van der Waals surface area (Å²) in [4.78, 5) is 32.3. The van der Waals surface area contributed by atoms with Crippen LogP contribution in [0, 0.1) is 20.2 Å². The number of rotatable bonds is 4. The van der Waals surface area contributed by atoms with Crippen molar-refractivity contribution in [3.63, 3.8) is 0 Å². The Labute approximate surface area is 367 Å². The van der Waals surface area contributed by atoms with E-state index >= 15 is 0 Å². The largest absolute Gasteiger partial charge is 0.461 e. The topological polar surface area (TPSA) is 145 Å². The minimum atomic E-state index is -0.902. The summed E-state index contributed by atoms with van der Waals surface area (Å²) in [6, 6.07) is 22.8. The molecule has 2 spiro atoms. The fourth-order valence-corrected chi connectivity index (χ4v) is 10.2. The number of likely N-dealkylation sites (N-methyl/N-ethyl adjacent to an activating group) is 2. The van der Waals surface area contributed by atoms with Gasteiger partial charge < -0.3 is 43.3 Å². The third-order valence-electron chi connectivity index (χ3n) is 13.8. The Balaban J connectivity index is 1.000. The maximum absolute atomic E-state index is 12.3. The number of hydrogen-bond donors (Lipinski definition) is 0. The first-order valence-electron chi connectivity index (χ1n) is 21.5. The summed E-state index contributed by atoms with van der Waals surface area (Å²) in [6.07, 6.45) is 7.89. The van der Waals surface area contributed by atoms with E-state index in [2.05, 4.69) is 61.8 Å². The Hall–Kier alpha value is -6.16. The number of ether oxygens (including phenoxy) is 5. The van der Waals surface area contributed by atoms with Gasteiger partial charge in [-0.1, -0.05) is 36.4 Å². The van der Waals surface area contributed by atoms with Crippen LogP contribution in [0.4, 0.5) is 34.1 Å². The van der Waals surface area contributed by atoms with Crippen molar-refractivity contribution >= 4 is 46.3 Å². The maximum atomic E-state index is 12.3. The van der Waals surface area contributed by atoms with E-state index in [9.17, 15) is 20.2 Å². The molecule has 5 aliphatic rings. The minimum absolute atomic E-state index is 0.0489. The quantitative estimate of drug-likeness (QED) is 0.145. The molecule has 330 valence electrons. The van der Waals surface area contributed by atoms with E-state index in [4.69, 9.17) is 23.7 Å². The molecule has 63 heavy (non-hydrogen) atoms. The van der Waals surface area contributed by atoms with E-state index in [1.807, 2.05) is 72.5 Å². The number of fused-ring (bicyclic) bond motifs is 4. The van der Waals surface area contributed by atoms with E-state index in [1.54, 1.807) is 24.3 Å². The summed E-state index contributed by atoms with van der Waals surface area (Å²) in [5.74, 6) is 1.09. The summed E-state index contributed by atoms with van der Waals surface area (Å²) < 4.78 is 32.8. The molecule has 0 N–H and O–H groups in total. The molecular formula is C48H54N6O9. The number of hydrogen-bond acceptors (Lipinski definition) is 13. The van der Waals surface area contributed by atoms with Gasteiger partial charge in [0.2, 0.25) is 11.4 Å². The zero-order valence-corrected chi connectivity index (χ0v) is 36.7. The van der Waals surface area contributed by atoms with Crippen LogP contribution in [0.2, 0.25) is 0 Å². The van der Waals surface area contributed by atoms with Crippen molar-refractivity contribution < 1.29 is 33.5 Å². The van der Waals surface area contributed by atoms with Crippen molar-refractivity contribution in [1.82, 2.24) is 0 Å². The second-order valence-corrected chi connectivity index (χ2v) is 17.8. The molecule has 9 rings (SSSR count). The molecule has 4 aromatic carbocycles. The van der Waals surface area contributed by atoms with Crippen molar-refractivity contribution in [3.8, 4) is 11.5 Å². The summed E-state index contributed by atoms with van der Waals surface area (Å²) in [7, 11) is 4.03. The zero-order valence-electron chi connectivity index (χ0n) is 36.7. The fourth-order valence-electron chi connectivity index (χ4n) is 10.2. The molecule has 5 heterocycles. The Morgan fingerprint density at radius 2 is 0.889 bits per heavy atom. The smallest absolute Gasteiger partial charge is 0.272 e. The summed E-state index contributed by atoms with van der Waals surface area (Å²) in [5, 5.41) is 24.7. The molecule has 0 aliphatic carbocycles. The van der Waals surface area contributed by atoms with Crippen molar-refractivity contribution in [2.24, 2.45) is 0 Å². The molecule has 15 heteroatoms. The third kappa shape index (κ3) is 6.75. The number of nitro groups is 2. The van der Waals surface area contributed by atoms with Gasteiger partial charge in [-0.05, 0) is 75.3 Å². The van der Waals surface area contributed by atoms with Crippen LogP contribution >= 0.6 is 0 Å². The third-order valence-corrected chi connectivity index (χ3v) is 13.8. The molecule has 0 bridgehead atoms. The lowest BCUT2D eigenvalue weighted by molar-refractivity contribution is -0.385. The second kappa shape index (κ2) is 15.9. The molecule has 0 aromatic heterocycles. The first-order valence-corrected chi connectivity index (χ1v) is 21.5. The summed E-state index contributed by atoms with van der Waals surface area (Å²) in [5.41, 5.74) is 3.91. The van der Waals surface area contributed by atoms with Gasteiger partial charge in [0.1, 0.15) is 0 Å². The molecule has 2 unspecified atom stereocenters. The standard InChI is InChI=1S/C48H54N6O9/c1-45(2)37-11-7-9-13-39(37)49(5)47(45)17-15-33-29-35(53(55)56)31-41(43(33)62-47)51-19-23-59-24-20-52(22-26-61-28-27-60-25-21-51)42-32-36(54(57)58)30-34-16-18-48(63-44(34)42)46(3,4)38-12-8-10-14-40(38)50(48)6/h7-18,29-32H,19-28H2,1-6H3. The van der Waals surface area contributed by atoms with Crippen LogP contribution in [-0.4, -0.2) is 101 Å². The van der Waals surface area contributed by atoms with Crippen LogP contribution in [0.15, 0.2) is 84.9 Å². The predicted molar refractivity (Wildman–Crippen MR) is 244 cm³/mol. The van der Waals surface area contributed by atoms with Gasteiger partial charge in [-0.25, -0.2) is 0 Å². The number of anilines is 4. The van der Waals surface area contributed by atoms with Gasteiger partial charge >= 0.3 is 0 Å². The number of nitrogens with zero attached hydrogens (tertiary/aromatic N) is 6. The number of nitro benzene ring substituents is 2. The highest BCUT2D eigenvalue weighted by Gasteiger charge is 2.59. The average Bonchev–Trinajstić information content (AvgIpc) is 3.53. The molecule has 2 atom stereocenters. The van der Waals surface area contributed by atoms with Crippen molar-refractivity contribution in [1.29, 1.82) is 0 Å². The molecule has 0 radical (unpaired) electrons. The van der Waals surface area contributed by atoms with Gasteiger partial charge in [-0.3, -0.25) is 20.2 Å². The summed E-state index contributed by atoms with van der Waals surface area (Å²) in [6.45, 7) is 12.0. The molecule has 4 aromatic rings. The predicted octanol–water partition coefficient (Wildman–Crippen LogP) is 7.94. The van der Waals surface area contributed by atoms with E-state index in [0.717, 1.165) is 22.5 Å². The Morgan fingerprint density at radius 1 is 0.524 bits per heavy atom. The van der Waals surface area contributed by atoms with Gasteiger partial charge in [-0.15, -0.1) is 0 Å². The van der Waals surface area contributed by atoms with Gasteiger partial charge in [0.15, 0.2) is 11.5 Å². The highest BCUT2D eigenvalue weighted by atomic mass is 16.6. The highest BCUT2D eigenvalue weighted by molar-refractivity contribution is 5.81. The van der Waals surface area contributed by atoms with E-state index < -0.39 is 22.3 Å². The lowest BCUT2D eigenvalue weighted by Crippen LogP contribution is -2.58. The monoisotopic (exact) mass is 858 g/mol. The van der Waals surface area contributed by atoms with Crippen LogP contribution in [0.25, 0.3) is 12.2 Å². The van der Waals surface area contributed by atoms with Crippen LogP contribution in [0.5, 0.6) is 11.5 Å². The van der Waals surface area contributed by atoms with Crippen LogP contribution in [-0.2, 0) is 25.0 Å². The van der Waals surface area contributed by atoms with Gasteiger partial charge in [0.25, 0.3) is 11.4 Å². The average molecular weight is 859 g/mol. The number of benzene rings is 4. The molecule has 0 saturated carbocycles. The number of para-hydroxylation sites is 2. The SMILES string of the molecule is CN1c2ccccc2C(C)(C)C12C=Cc1cc([N+](=O)[O-])cc(N3CCOCCOCCN(c4cc([N+](=O)[O-])cc5c4OC4(C=C5)N(C)c5ccccc5C4(C)C)CCOCC3)c1O2. The maximum Gasteiger partial charge on any atom is 0.272 e. The van der Waals surface area contributed by atoms with Crippen molar-refractivity contribution in [2.75, 3.05) is 99.5 Å². The zero-order chi connectivity index (χ0) is 44.3. The Kier molecular flexibility index (Phi) is 10.6. The second-order valence-electron chi connectivity index (χ2n) is 17.8. The lowest BCUT2D eigenvalue weighted by Gasteiger charge is -2.46. The van der Waals surface area contributed by atoms with Gasteiger partial charge in [0.05, 0.1) is 71.7 Å². The van der Waals surface area contributed by atoms with Crippen LogP contribution < -0.4 is 29.1 Å². The first-order chi connectivity index (χ1) is 30.2. The van der Waals surface area contributed by atoms with E-state index in [-0.39, 0.29) is 34.4 Å². The van der Waals surface area contributed by atoms with Gasteiger partial charge in [0, 0.05) is 87.0 Å². The lowest BCUT2D eigenvalue weighted by atomic mass is 9.76. The highest BCUT2D eigenvalue weighted by Crippen LogP contribution is 2.57. The Morgan fingerprint density at radius 3 is 1.25 bits per heavy atom. The minimum Gasteiger partial charge on any atom is -0.461 e. The van der Waals surface area contributed by atoms with Gasteiger partial charge in [-0.2, -0.15) is 0 Å². The van der Waals surface area contributed by atoms with Crippen molar-refractivity contribution in [3.05, 3.63) is 127 Å². The molecular weight excluding hydrogens is 805 g/mol. The van der Waals surface area contributed by atoms with E-state index in [0.29, 0.717) is 86.6 Å². The molecule has 1 fully saturated rings. The first kappa shape index (κ1) is 42.2.